The lowest BCUT2D eigenvalue weighted by Crippen LogP contribution is -2.41. The minimum atomic E-state index is -3.62. The molecule has 0 unspecified atom stereocenters. The summed E-state index contributed by atoms with van der Waals surface area (Å²) in [7, 11) is -3.62. The maximum absolute atomic E-state index is 12.3. The first-order valence-electron chi connectivity index (χ1n) is 8.81. The number of carbonyl (C=O) groups is 1. The molecule has 146 valence electrons. The van der Waals surface area contributed by atoms with Crippen molar-refractivity contribution in [2.24, 2.45) is 0 Å². The van der Waals surface area contributed by atoms with Crippen molar-refractivity contribution in [1.82, 2.24) is 5.32 Å². The molecule has 0 aliphatic heterocycles. The summed E-state index contributed by atoms with van der Waals surface area (Å²) in [6, 6.07) is 16.5. The summed E-state index contributed by atoms with van der Waals surface area (Å²) in [5, 5.41) is 2.77. The second kappa shape index (κ2) is 9.41. The molecule has 0 bridgehead atoms. The minimum absolute atomic E-state index is 0.0341. The first-order valence-corrected chi connectivity index (χ1v) is 10.7. The molecule has 0 fully saturated rings. The fourth-order valence-corrected chi connectivity index (χ4v) is 3.41. The van der Waals surface area contributed by atoms with E-state index >= 15 is 0 Å². The average Bonchev–Trinajstić information content (AvgIpc) is 2.59. The summed E-state index contributed by atoms with van der Waals surface area (Å²) in [4.78, 5) is 12.3. The molecule has 0 aliphatic carbocycles. The first-order chi connectivity index (χ1) is 12.8. The highest BCUT2D eigenvalue weighted by Gasteiger charge is 2.21. The van der Waals surface area contributed by atoms with Crippen molar-refractivity contribution in [3.05, 3.63) is 60.2 Å². The molecule has 7 heteroatoms. The van der Waals surface area contributed by atoms with E-state index in [1.807, 2.05) is 44.2 Å². The molecule has 0 saturated heterocycles. The van der Waals surface area contributed by atoms with Crippen LogP contribution in [0.2, 0.25) is 0 Å². The van der Waals surface area contributed by atoms with Gasteiger partial charge in [0, 0.05) is 12.6 Å². The van der Waals surface area contributed by atoms with Crippen LogP contribution in [0.1, 0.15) is 19.4 Å². The number of nitrogens with one attached hydrogen (secondary N) is 1. The van der Waals surface area contributed by atoms with Gasteiger partial charge in [-0.05, 0) is 38.0 Å². The molecule has 2 aromatic carbocycles. The van der Waals surface area contributed by atoms with Crippen LogP contribution in [0.4, 0.5) is 5.69 Å². The molecule has 1 N–H and O–H groups in total. The van der Waals surface area contributed by atoms with Gasteiger partial charge in [-0.2, -0.15) is 0 Å². The number of nitrogens with zero attached hydrogens (tertiary/aromatic N) is 1. The summed E-state index contributed by atoms with van der Waals surface area (Å²) in [5.74, 6) is 0.201. The zero-order valence-corrected chi connectivity index (χ0v) is 16.7. The predicted molar refractivity (Wildman–Crippen MR) is 108 cm³/mol. The third-order valence-corrected chi connectivity index (χ3v) is 4.88. The van der Waals surface area contributed by atoms with Gasteiger partial charge in [0.25, 0.3) is 0 Å². The van der Waals surface area contributed by atoms with Crippen LogP contribution >= 0.6 is 0 Å². The molecule has 0 aromatic heterocycles. The standard InChI is InChI=1S/C20H26N2O4S/c1-16(2)26-19-11-7-10-18(14-19)22(27(3,24)25)15-20(23)21-13-12-17-8-5-4-6-9-17/h4-11,14,16H,12-13,15H2,1-3H3,(H,21,23). The van der Waals surface area contributed by atoms with Crippen LogP contribution < -0.4 is 14.4 Å². The molecule has 0 heterocycles. The SMILES string of the molecule is CC(C)Oc1cccc(N(CC(=O)NCCc2ccccc2)S(C)(=O)=O)c1. The van der Waals surface area contributed by atoms with Crippen molar-refractivity contribution >= 4 is 21.6 Å². The van der Waals surface area contributed by atoms with Gasteiger partial charge in [-0.25, -0.2) is 8.42 Å². The number of benzene rings is 2. The second-order valence-corrected chi connectivity index (χ2v) is 8.43. The monoisotopic (exact) mass is 390 g/mol. The van der Waals surface area contributed by atoms with Crippen LogP contribution in [0.3, 0.4) is 0 Å². The lowest BCUT2D eigenvalue weighted by molar-refractivity contribution is -0.119. The normalized spacial score (nSPS) is 11.3. The van der Waals surface area contributed by atoms with Crippen LogP contribution in [-0.2, 0) is 21.2 Å². The van der Waals surface area contributed by atoms with E-state index in [9.17, 15) is 13.2 Å². The highest BCUT2D eigenvalue weighted by Crippen LogP contribution is 2.23. The van der Waals surface area contributed by atoms with E-state index in [2.05, 4.69) is 5.32 Å². The summed E-state index contributed by atoms with van der Waals surface area (Å²) in [5.41, 5.74) is 1.50. The summed E-state index contributed by atoms with van der Waals surface area (Å²) in [6.07, 6.45) is 1.73. The number of hydrogen-bond donors (Lipinski definition) is 1. The first kappa shape index (κ1) is 20.8. The van der Waals surface area contributed by atoms with Crippen LogP contribution in [0.15, 0.2) is 54.6 Å². The molecule has 0 aliphatic rings. The molecule has 0 atom stereocenters. The lowest BCUT2D eigenvalue weighted by Gasteiger charge is -2.22. The Labute approximate surface area is 161 Å². The number of carbonyl (C=O) groups excluding carboxylic acids is 1. The van der Waals surface area contributed by atoms with Gasteiger partial charge in [-0.3, -0.25) is 9.10 Å². The van der Waals surface area contributed by atoms with Crippen molar-refractivity contribution in [1.29, 1.82) is 0 Å². The Balaban J connectivity index is 2.03. The fourth-order valence-electron chi connectivity index (χ4n) is 2.56. The van der Waals surface area contributed by atoms with Gasteiger partial charge >= 0.3 is 0 Å². The number of sulfonamides is 1. The van der Waals surface area contributed by atoms with Gasteiger partial charge in [0.15, 0.2) is 0 Å². The molecular weight excluding hydrogens is 364 g/mol. The average molecular weight is 391 g/mol. The van der Waals surface area contributed by atoms with Gasteiger partial charge in [-0.15, -0.1) is 0 Å². The van der Waals surface area contributed by atoms with E-state index < -0.39 is 10.0 Å². The Bertz CT molecular complexity index is 851. The number of anilines is 1. The molecule has 6 nitrogen and oxygen atoms in total. The summed E-state index contributed by atoms with van der Waals surface area (Å²) < 4.78 is 31.1. The Morgan fingerprint density at radius 1 is 1.11 bits per heavy atom. The van der Waals surface area contributed by atoms with E-state index in [1.165, 1.54) is 0 Å². The maximum atomic E-state index is 12.3. The molecular formula is C20H26N2O4S. The van der Waals surface area contributed by atoms with Crippen LogP contribution in [0.25, 0.3) is 0 Å². The van der Waals surface area contributed by atoms with Crippen LogP contribution in [0.5, 0.6) is 5.75 Å². The Morgan fingerprint density at radius 3 is 2.44 bits per heavy atom. The smallest absolute Gasteiger partial charge is 0.240 e. The van der Waals surface area contributed by atoms with Gasteiger partial charge in [0.1, 0.15) is 12.3 Å². The Kier molecular flexibility index (Phi) is 7.24. The zero-order chi connectivity index (χ0) is 19.9. The van der Waals surface area contributed by atoms with Gasteiger partial charge in [0.2, 0.25) is 15.9 Å². The van der Waals surface area contributed by atoms with Crippen molar-refractivity contribution in [2.45, 2.75) is 26.4 Å². The van der Waals surface area contributed by atoms with Crippen molar-refractivity contribution in [3.8, 4) is 5.75 Å². The zero-order valence-electron chi connectivity index (χ0n) is 15.9. The molecule has 0 saturated carbocycles. The van der Waals surface area contributed by atoms with Crippen molar-refractivity contribution in [2.75, 3.05) is 23.7 Å². The van der Waals surface area contributed by atoms with Crippen molar-refractivity contribution in [3.63, 3.8) is 0 Å². The second-order valence-electron chi connectivity index (χ2n) is 6.52. The summed E-state index contributed by atoms with van der Waals surface area (Å²) in [6.45, 7) is 3.94. The summed E-state index contributed by atoms with van der Waals surface area (Å²) >= 11 is 0. The largest absolute Gasteiger partial charge is 0.491 e. The Morgan fingerprint density at radius 2 is 1.81 bits per heavy atom. The number of rotatable bonds is 9. The topological polar surface area (TPSA) is 75.7 Å². The van der Waals surface area contributed by atoms with Crippen molar-refractivity contribution < 1.29 is 17.9 Å². The quantitative estimate of drug-likeness (QED) is 0.714. The third kappa shape index (κ3) is 6.94. The van der Waals surface area contributed by atoms with E-state index in [0.717, 1.165) is 16.1 Å². The molecule has 1 amide bonds. The van der Waals surface area contributed by atoms with E-state index in [-0.39, 0.29) is 18.6 Å². The Hall–Kier alpha value is -2.54. The van der Waals surface area contributed by atoms with Crippen LogP contribution in [0, 0.1) is 0 Å². The minimum Gasteiger partial charge on any atom is -0.491 e. The molecule has 2 rings (SSSR count). The third-order valence-electron chi connectivity index (χ3n) is 3.74. The molecule has 27 heavy (non-hydrogen) atoms. The highest BCUT2D eigenvalue weighted by molar-refractivity contribution is 7.92. The van der Waals surface area contributed by atoms with Gasteiger partial charge in [-0.1, -0.05) is 36.4 Å². The van der Waals surface area contributed by atoms with E-state index in [4.69, 9.17) is 4.74 Å². The number of hydrogen-bond acceptors (Lipinski definition) is 4. The number of amides is 1. The highest BCUT2D eigenvalue weighted by atomic mass is 32.2. The van der Waals surface area contributed by atoms with Crippen LogP contribution in [-0.4, -0.2) is 39.8 Å². The molecule has 2 aromatic rings. The number of ether oxygens (including phenoxy) is 1. The molecule has 0 radical (unpaired) electrons. The lowest BCUT2D eigenvalue weighted by atomic mass is 10.1. The maximum Gasteiger partial charge on any atom is 0.240 e. The predicted octanol–water partition coefficient (Wildman–Crippen LogP) is 2.60. The fraction of sp³-hybridized carbons (Fsp3) is 0.350. The van der Waals surface area contributed by atoms with E-state index in [1.54, 1.807) is 24.3 Å². The van der Waals surface area contributed by atoms with Gasteiger partial charge in [0.05, 0.1) is 18.0 Å². The molecule has 0 spiro atoms. The van der Waals surface area contributed by atoms with E-state index in [0.29, 0.717) is 24.4 Å². The van der Waals surface area contributed by atoms with Gasteiger partial charge < -0.3 is 10.1 Å².